The molecule has 0 heterocycles. The molecule has 76 valence electrons. The lowest BCUT2D eigenvalue weighted by Gasteiger charge is -2.16. The SMILES string of the molecule is CC(=O)SC1CCCC1CCCN. The molecule has 2 nitrogen and oxygen atoms in total. The molecule has 2 N–H and O–H groups in total. The summed E-state index contributed by atoms with van der Waals surface area (Å²) in [4.78, 5) is 11.0. The molecule has 3 heteroatoms. The quantitative estimate of drug-likeness (QED) is 0.758. The van der Waals surface area contributed by atoms with Crippen LogP contribution in [0, 0.1) is 5.92 Å². The number of rotatable bonds is 4. The van der Waals surface area contributed by atoms with Gasteiger partial charge < -0.3 is 5.73 Å². The van der Waals surface area contributed by atoms with Crippen LogP contribution in [-0.4, -0.2) is 16.9 Å². The Morgan fingerprint density at radius 2 is 2.31 bits per heavy atom. The standard InChI is InChI=1S/C10H19NOS/c1-8(12)13-10-6-2-4-9(10)5-3-7-11/h9-10H,2-7,11H2,1H3. The third kappa shape index (κ3) is 3.69. The molecule has 0 aromatic carbocycles. The van der Waals surface area contributed by atoms with E-state index in [0.29, 0.717) is 5.25 Å². The second-order valence-electron chi connectivity index (χ2n) is 3.77. The molecule has 1 saturated carbocycles. The van der Waals surface area contributed by atoms with Gasteiger partial charge in [-0.25, -0.2) is 0 Å². The average Bonchev–Trinajstić information content (AvgIpc) is 2.48. The molecule has 2 unspecified atom stereocenters. The predicted octanol–water partition coefficient (Wildman–Crippen LogP) is 2.17. The Morgan fingerprint density at radius 3 is 2.92 bits per heavy atom. The van der Waals surface area contributed by atoms with Crippen molar-refractivity contribution < 1.29 is 4.79 Å². The van der Waals surface area contributed by atoms with Gasteiger partial charge in [0.2, 0.25) is 0 Å². The van der Waals surface area contributed by atoms with Gasteiger partial charge in [0.25, 0.3) is 0 Å². The molecule has 0 radical (unpaired) electrons. The molecule has 0 aromatic rings. The van der Waals surface area contributed by atoms with Crippen LogP contribution in [0.5, 0.6) is 0 Å². The fourth-order valence-electron chi connectivity index (χ4n) is 2.08. The number of hydrogen-bond acceptors (Lipinski definition) is 3. The van der Waals surface area contributed by atoms with Crippen molar-refractivity contribution in [2.24, 2.45) is 11.7 Å². The Hall–Kier alpha value is -0.0200. The molecule has 0 saturated heterocycles. The molecule has 0 aliphatic heterocycles. The number of hydrogen-bond donors (Lipinski definition) is 1. The number of thioether (sulfide) groups is 1. The molecule has 1 fully saturated rings. The lowest BCUT2D eigenvalue weighted by molar-refractivity contribution is -0.109. The summed E-state index contributed by atoms with van der Waals surface area (Å²) in [6.45, 7) is 2.46. The molecule has 1 rings (SSSR count). The first-order valence-electron chi connectivity index (χ1n) is 5.11. The Kier molecular flexibility index (Phi) is 4.81. The van der Waals surface area contributed by atoms with Gasteiger partial charge in [0.05, 0.1) is 0 Å². The predicted molar refractivity (Wildman–Crippen MR) is 57.7 cm³/mol. The number of carbonyl (C=O) groups is 1. The molecule has 0 aromatic heterocycles. The van der Waals surface area contributed by atoms with E-state index < -0.39 is 0 Å². The second-order valence-corrected chi connectivity index (χ2v) is 5.19. The monoisotopic (exact) mass is 201 g/mol. The lowest BCUT2D eigenvalue weighted by Crippen LogP contribution is -2.13. The van der Waals surface area contributed by atoms with Crippen molar-refractivity contribution in [2.45, 2.75) is 44.3 Å². The van der Waals surface area contributed by atoms with Gasteiger partial charge in [0, 0.05) is 12.2 Å². The summed E-state index contributed by atoms with van der Waals surface area (Å²) in [5.41, 5.74) is 5.48. The summed E-state index contributed by atoms with van der Waals surface area (Å²) in [7, 11) is 0. The third-order valence-corrected chi connectivity index (χ3v) is 3.94. The molecule has 1 aliphatic carbocycles. The van der Waals surface area contributed by atoms with Gasteiger partial charge in [-0.3, -0.25) is 4.79 Å². The minimum absolute atomic E-state index is 0.268. The molecule has 0 amide bonds. The molecular formula is C10H19NOS. The minimum atomic E-state index is 0.268. The molecule has 13 heavy (non-hydrogen) atoms. The van der Waals surface area contributed by atoms with Gasteiger partial charge in [-0.2, -0.15) is 0 Å². The van der Waals surface area contributed by atoms with Crippen LogP contribution in [0.4, 0.5) is 0 Å². The van der Waals surface area contributed by atoms with Crippen LogP contribution in [0.3, 0.4) is 0 Å². The highest BCUT2D eigenvalue weighted by atomic mass is 32.2. The summed E-state index contributed by atoms with van der Waals surface area (Å²) in [6.07, 6.45) is 6.13. The van der Waals surface area contributed by atoms with E-state index in [0.717, 1.165) is 18.9 Å². The first-order valence-corrected chi connectivity index (χ1v) is 5.99. The van der Waals surface area contributed by atoms with Gasteiger partial charge >= 0.3 is 0 Å². The summed E-state index contributed by atoms with van der Waals surface area (Å²) in [5, 5.41) is 0.855. The fourth-order valence-corrected chi connectivity index (χ4v) is 3.26. The van der Waals surface area contributed by atoms with E-state index in [1.807, 2.05) is 0 Å². The lowest BCUT2D eigenvalue weighted by atomic mass is 10.0. The van der Waals surface area contributed by atoms with Crippen LogP contribution in [0.25, 0.3) is 0 Å². The molecule has 1 aliphatic rings. The molecular weight excluding hydrogens is 182 g/mol. The van der Waals surface area contributed by atoms with Crippen molar-refractivity contribution in [1.82, 2.24) is 0 Å². The summed E-state index contributed by atoms with van der Waals surface area (Å²) >= 11 is 1.54. The zero-order valence-electron chi connectivity index (χ0n) is 8.29. The van der Waals surface area contributed by atoms with E-state index in [4.69, 9.17) is 5.73 Å². The van der Waals surface area contributed by atoms with Gasteiger partial charge in [-0.05, 0) is 38.1 Å². The van der Waals surface area contributed by atoms with Crippen LogP contribution in [0.1, 0.15) is 39.0 Å². The van der Waals surface area contributed by atoms with Gasteiger partial charge in [-0.15, -0.1) is 0 Å². The van der Waals surface area contributed by atoms with Crippen LogP contribution in [0.2, 0.25) is 0 Å². The van der Waals surface area contributed by atoms with Gasteiger partial charge in [-0.1, -0.05) is 18.2 Å². The second kappa shape index (κ2) is 5.66. The first kappa shape index (κ1) is 11.1. The van der Waals surface area contributed by atoms with Crippen LogP contribution >= 0.6 is 11.8 Å². The number of carbonyl (C=O) groups excluding carboxylic acids is 1. The zero-order chi connectivity index (χ0) is 9.68. The van der Waals surface area contributed by atoms with Crippen molar-refractivity contribution in [3.05, 3.63) is 0 Å². The maximum absolute atomic E-state index is 11.0. The Bertz CT molecular complexity index is 172. The smallest absolute Gasteiger partial charge is 0.186 e. The maximum Gasteiger partial charge on any atom is 0.186 e. The van der Waals surface area contributed by atoms with E-state index >= 15 is 0 Å². The number of nitrogens with two attached hydrogens (primary N) is 1. The van der Waals surface area contributed by atoms with Crippen molar-refractivity contribution in [2.75, 3.05) is 6.54 Å². The van der Waals surface area contributed by atoms with E-state index in [2.05, 4.69) is 0 Å². The van der Waals surface area contributed by atoms with E-state index in [9.17, 15) is 4.79 Å². The summed E-state index contributed by atoms with van der Waals surface area (Å²) in [5.74, 6) is 0.748. The van der Waals surface area contributed by atoms with Crippen molar-refractivity contribution in [3.63, 3.8) is 0 Å². The fraction of sp³-hybridized carbons (Fsp3) is 0.900. The topological polar surface area (TPSA) is 43.1 Å². The van der Waals surface area contributed by atoms with Crippen molar-refractivity contribution in [3.8, 4) is 0 Å². The Morgan fingerprint density at radius 1 is 1.54 bits per heavy atom. The van der Waals surface area contributed by atoms with E-state index in [-0.39, 0.29) is 5.12 Å². The summed E-state index contributed by atoms with van der Waals surface area (Å²) < 4.78 is 0. The Labute approximate surface area is 84.6 Å². The van der Waals surface area contributed by atoms with Gasteiger partial charge in [0.15, 0.2) is 5.12 Å². The highest BCUT2D eigenvalue weighted by Crippen LogP contribution is 2.37. The van der Waals surface area contributed by atoms with Crippen molar-refractivity contribution in [1.29, 1.82) is 0 Å². The highest BCUT2D eigenvalue weighted by Gasteiger charge is 2.27. The molecule has 2 atom stereocenters. The van der Waals surface area contributed by atoms with Gasteiger partial charge in [0.1, 0.15) is 0 Å². The van der Waals surface area contributed by atoms with Crippen LogP contribution in [0.15, 0.2) is 0 Å². The van der Waals surface area contributed by atoms with Crippen LogP contribution < -0.4 is 5.73 Å². The normalized spacial score (nSPS) is 27.8. The molecule has 0 bridgehead atoms. The average molecular weight is 201 g/mol. The van der Waals surface area contributed by atoms with Crippen molar-refractivity contribution >= 4 is 16.9 Å². The minimum Gasteiger partial charge on any atom is -0.330 e. The van der Waals surface area contributed by atoms with E-state index in [1.54, 1.807) is 18.7 Å². The maximum atomic E-state index is 11.0. The largest absolute Gasteiger partial charge is 0.330 e. The van der Waals surface area contributed by atoms with E-state index in [1.165, 1.54) is 25.7 Å². The Balaban J connectivity index is 2.30. The van der Waals surface area contributed by atoms with Crippen LogP contribution in [-0.2, 0) is 4.79 Å². The molecule has 0 spiro atoms. The first-order chi connectivity index (χ1) is 6.24. The highest BCUT2D eigenvalue weighted by molar-refractivity contribution is 8.14. The summed E-state index contributed by atoms with van der Waals surface area (Å²) in [6, 6.07) is 0. The zero-order valence-corrected chi connectivity index (χ0v) is 9.11. The third-order valence-electron chi connectivity index (χ3n) is 2.69.